The van der Waals surface area contributed by atoms with Gasteiger partial charge < -0.3 is 35.0 Å². The molecule has 8 heteroatoms. The highest BCUT2D eigenvalue weighted by Crippen LogP contribution is 2.27. The van der Waals surface area contributed by atoms with Crippen LogP contribution >= 0.6 is 0 Å². The molecule has 1 heterocycles. The van der Waals surface area contributed by atoms with E-state index in [0.29, 0.717) is 0 Å². The van der Waals surface area contributed by atoms with E-state index in [-0.39, 0.29) is 12.3 Å². The van der Waals surface area contributed by atoms with Crippen LogP contribution in [0.2, 0.25) is 0 Å². The predicted octanol–water partition coefficient (Wildman–Crippen LogP) is -0.918. The number of carbonyl (C=O) groups is 1. The Balaban J connectivity index is 2.67. The Morgan fingerprint density at radius 1 is 1.32 bits per heavy atom. The second-order valence-electron chi connectivity index (χ2n) is 5.75. The van der Waals surface area contributed by atoms with Gasteiger partial charge in [-0.25, -0.2) is 0 Å². The molecule has 8 nitrogen and oxygen atoms in total. The number of carboxylic acid groups (broad SMARTS) is 1. The highest BCUT2D eigenvalue weighted by atomic mass is 16.7. The molecule has 0 aliphatic carbocycles. The standard InChI is InChI=1S/C14H26O8/c1-3-7(2)9(4-8(16)5-11(17)18)21-14-13(20)12(19)10(6-15)22-14/h7-10,12-16,19-20H,3-6H2,1-2H3,(H,17,18)/t7-,8+,9-,10+,12+,13-,14-/m1/s1. The number of rotatable bonds is 9. The van der Waals surface area contributed by atoms with Crippen LogP contribution in [0.25, 0.3) is 0 Å². The quantitative estimate of drug-likeness (QED) is 0.368. The largest absolute Gasteiger partial charge is 0.481 e. The van der Waals surface area contributed by atoms with Crippen molar-refractivity contribution >= 4 is 5.97 Å². The maximum absolute atomic E-state index is 10.6. The Hall–Kier alpha value is -0.770. The number of carboxylic acids is 1. The third-order valence-corrected chi connectivity index (χ3v) is 4.00. The lowest BCUT2D eigenvalue weighted by Gasteiger charge is -2.29. The van der Waals surface area contributed by atoms with Crippen molar-refractivity contribution in [3.05, 3.63) is 0 Å². The Kier molecular flexibility index (Phi) is 7.67. The summed E-state index contributed by atoms with van der Waals surface area (Å²) < 4.78 is 10.9. The molecule has 0 aromatic heterocycles. The van der Waals surface area contributed by atoms with Gasteiger partial charge in [-0.1, -0.05) is 20.3 Å². The zero-order valence-corrected chi connectivity index (χ0v) is 12.8. The van der Waals surface area contributed by atoms with Gasteiger partial charge in [0.25, 0.3) is 0 Å². The van der Waals surface area contributed by atoms with Crippen molar-refractivity contribution in [2.45, 2.75) is 69.9 Å². The van der Waals surface area contributed by atoms with Crippen LogP contribution in [0.4, 0.5) is 0 Å². The van der Waals surface area contributed by atoms with Crippen LogP contribution in [-0.4, -0.2) is 74.9 Å². The predicted molar refractivity (Wildman–Crippen MR) is 75.0 cm³/mol. The lowest BCUT2D eigenvalue weighted by molar-refractivity contribution is -0.208. The summed E-state index contributed by atoms with van der Waals surface area (Å²) in [4.78, 5) is 10.6. The van der Waals surface area contributed by atoms with Crippen molar-refractivity contribution in [2.24, 2.45) is 5.92 Å². The Bertz CT molecular complexity index is 350. The fraction of sp³-hybridized carbons (Fsp3) is 0.929. The first-order chi connectivity index (χ1) is 10.3. The summed E-state index contributed by atoms with van der Waals surface area (Å²) in [5, 5.41) is 47.1. The van der Waals surface area contributed by atoms with E-state index < -0.39 is 55.8 Å². The Labute approximate surface area is 129 Å². The van der Waals surface area contributed by atoms with Gasteiger partial charge >= 0.3 is 5.97 Å². The molecule has 0 bridgehead atoms. The van der Waals surface area contributed by atoms with E-state index in [9.17, 15) is 20.1 Å². The average molecular weight is 322 g/mol. The summed E-state index contributed by atoms with van der Waals surface area (Å²) in [5.41, 5.74) is 0. The van der Waals surface area contributed by atoms with Crippen LogP contribution in [0.3, 0.4) is 0 Å². The highest BCUT2D eigenvalue weighted by molar-refractivity contribution is 5.67. The van der Waals surface area contributed by atoms with Gasteiger partial charge in [0.15, 0.2) is 6.29 Å². The van der Waals surface area contributed by atoms with E-state index in [4.69, 9.17) is 19.7 Å². The van der Waals surface area contributed by atoms with Crippen molar-refractivity contribution in [1.82, 2.24) is 0 Å². The number of aliphatic hydroxyl groups is 4. The highest BCUT2D eigenvalue weighted by Gasteiger charge is 2.44. The lowest BCUT2D eigenvalue weighted by Crippen LogP contribution is -2.38. The molecule has 0 saturated carbocycles. The molecule has 0 radical (unpaired) electrons. The Morgan fingerprint density at radius 3 is 2.41 bits per heavy atom. The lowest BCUT2D eigenvalue weighted by atomic mass is 9.95. The van der Waals surface area contributed by atoms with Gasteiger partial charge in [-0.05, 0) is 5.92 Å². The summed E-state index contributed by atoms with van der Waals surface area (Å²) in [5.74, 6) is -1.12. The zero-order chi connectivity index (χ0) is 16.9. The molecular formula is C14H26O8. The summed E-state index contributed by atoms with van der Waals surface area (Å²) >= 11 is 0. The van der Waals surface area contributed by atoms with Gasteiger partial charge in [0.1, 0.15) is 18.3 Å². The number of ether oxygens (including phenoxy) is 2. The van der Waals surface area contributed by atoms with E-state index in [0.717, 1.165) is 6.42 Å². The minimum Gasteiger partial charge on any atom is -0.481 e. The fourth-order valence-electron chi connectivity index (χ4n) is 2.39. The number of aliphatic hydroxyl groups excluding tert-OH is 4. The van der Waals surface area contributed by atoms with E-state index >= 15 is 0 Å². The monoisotopic (exact) mass is 322 g/mol. The maximum atomic E-state index is 10.6. The topological polar surface area (TPSA) is 137 Å². The van der Waals surface area contributed by atoms with E-state index in [1.165, 1.54) is 0 Å². The molecular weight excluding hydrogens is 296 g/mol. The van der Waals surface area contributed by atoms with Crippen LogP contribution in [0.5, 0.6) is 0 Å². The molecule has 0 aromatic rings. The van der Waals surface area contributed by atoms with Crippen molar-refractivity contribution < 1.29 is 39.8 Å². The summed E-state index contributed by atoms with van der Waals surface area (Å²) in [7, 11) is 0. The SMILES string of the molecule is CC[C@@H](C)[C@@H](C[C@H](O)CC(=O)O)O[C@@H]1O[C@@H](CO)[C@H](O)[C@H]1O. The molecule has 22 heavy (non-hydrogen) atoms. The maximum Gasteiger partial charge on any atom is 0.305 e. The van der Waals surface area contributed by atoms with Crippen molar-refractivity contribution in [2.75, 3.05) is 6.61 Å². The molecule has 5 N–H and O–H groups in total. The Morgan fingerprint density at radius 2 is 1.95 bits per heavy atom. The fourth-order valence-corrected chi connectivity index (χ4v) is 2.39. The van der Waals surface area contributed by atoms with E-state index in [2.05, 4.69) is 0 Å². The summed E-state index contributed by atoms with van der Waals surface area (Å²) in [6.45, 7) is 3.34. The minimum absolute atomic E-state index is 0.00966. The van der Waals surface area contributed by atoms with Gasteiger partial charge in [-0.2, -0.15) is 0 Å². The molecule has 7 atom stereocenters. The van der Waals surface area contributed by atoms with Crippen LogP contribution in [0, 0.1) is 5.92 Å². The average Bonchev–Trinajstić information content (AvgIpc) is 2.72. The van der Waals surface area contributed by atoms with Gasteiger partial charge in [0.05, 0.1) is 25.2 Å². The van der Waals surface area contributed by atoms with Crippen LogP contribution in [0.1, 0.15) is 33.1 Å². The normalized spacial score (nSPS) is 32.6. The van der Waals surface area contributed by atoms with Crippen molar-refractivity contribution in [1.29, 1.82) is 0 Å². The number of hydrogen-bond acceptors (Lipinski definition) is 7. The third kappa shape index (κ3) is 5.15. The molecule has 1 rings (SSSR count). The smallest absolute Gasteiger partial charge is 0.305 e. The molecule has 0 amide bonds. The molecule has 0 spiro atoms. The molecule has 1 fully saturated rings. The minimum atomic E-state index is -1.31. The second kappa shape index (κ2) is 8.76. The molecule has 1 saturated heterocycles. The van der Waals surface area contributed by atoms with Gasteiger partial charge in [-0.15, -0.1) is 0 Å². The number of aliphatic carboxylic acids is 1. The van der Waals surface area contributed by atoms with E-state index in [1.54, 1.807) is 0 Å². The van der Waals surface area contributed by atoms with Gasteiger partial charge in [0, 0.05) is 6.42 Å². The van der Waals surface area contributed by atoms with E-state index in [1.807, 2.05) is 13.8 Å². The number of hydrogen-bond donors (Lipinski definition) is 5. The van der Waals surface area contributed by atoms with Crippen molar-refractivity contribution in [3.8, 4) is 0 Å². The molecule has 0 aromatic carbocycles. The van der Waals surface area contributed by atoms with Crippen LogP contribution < -0.4 is 0 Å². The summed E-state index contributed by atoms with van der Waals surface area (Å²) in [6.07, 6.45) is -5.82. The van der Waals surface area contributed by atoms with Crippen LogP contribution in [0.15, 0.2) is 0 Å². The molecule has 130 valence electrons. The first-order valence-electron chi connectivity index (χ1n) is 7.47. The second-order valence-corrected chi connectivity index (χ2v) is 5.75. The summed E-state index contributed by atoms with van der Waals surface area (Å²) in [6, 6.07) is 0. The van der Waals surface area contributed by atoms with Crippen molar-refractivity contribution in [3.63, 3.8) is 0 Å². The van der Waals surface area contributed by atoms with Crippen LogP contribution in [-0.2, 0) is 14.3 Å². The van der Waals surface area contributed by atoms with Gasteiger partial charge in [0.2, 0.25) is 0 Å². The third-order valence-electron chi connectivity index (χ3n) is 4.00. The molecule has 1 aliphatic heterocycles. The first kappa shape index (κ1) is 19.3. The molecule has 1 aliphatic rings. The first-order valence-corrected chi connectivity index (χ1v) is 7.47. The molecule has 0 unspecified atom stereocenters. The zero-order valence-electron chi connectivity index (χ0n) is 12.8. The van der Waals surface area contributed by atoms with Gasteiger partial charge in [-0.3, -0.25) is 4.79 Å².